The predicted octanol–water partition coefficient (Wildman–Crippen LogP) is 4.24. The molecule has 0 heterocycles. The fourth-order valence-corrected chi connectivity index (χ4v) is 4.75. The number of rotatable bonds is 6. The molecule has 0 aliphatic carbocycles. The Kier molecular flexibility index (Phi) is 6.44. The largest absolute Gasteiger partial charge is 0.322 e. The Hall–Kier alpha value is -1.89. The normalized spacial score (nSPS) is 11.6. The Labute approximate surface area is 160 Å². The van der Waals surface area contributed by atoms with Gasteiger partial charge in [0.15, 0.2) is 0 Å². The van der Waals surface area contributed by atoms with Crippen molar-refractivity contribution in [1.29, 1.82) is 0 Å². The number of benzene rings is 2. The van der Waals surface area contributed by atoms with E-state index in [9.17, 15) is 13.2 Å². The van der Waals surface area contributed by atoms with Gasteiger partial charge < -0.3 is 5.32 Å². The molecule has 0 saturated heterocycles. The van der Waals surface area contributed by atoms with Crippen LogP contribution in [-0.4, -0.2) is 31.7 Å². The van der Waals surface area contributed by atoms with E-state index in [1.165, 1.54) is 16.4 Å². The van der Waals surface area contributed by atoms with E-state index in [1.54, 1.807) is 32.0 Å². The van der Waals surface area contributed by atoms with Crippen LogP contribution in [0.2, 0.25) is 5.02 Å². The number of nitrogens with one attached hydrogen (secondary N) is 1. The summed E-state index contributed by atoms with van der Waals surface area (Å²) in [6.07, 6.45) is 0. The zero-order valence-corrected chi connectivity index (χ0v) is 16.9. The number of carbonyl (C=O) groups is 1. The third-order valence-electron chi connectivity index (χ3n) is 4.00. The van der Waals surface area contributed by atoms with E-state index >= 15 is 0 Å². The SMILES string of the molecule is CCN(CC)S(=O)(=O)c1cc(NC(=O)c2cc(C)cc(C)c2)ccc1Cl. The lowest BCUT2D eigenvalue weighted by Crippen LogP contribution is -2.30. The first-order chi connectivity index (χ1) is 12.2. The molecule has 0 bridgehead atoms. The average molecular weight is 395 g/mol. The predicted molar refractivity (Wildman–Crippen MR) is 105 cm³/mol. The highest BCUT2D eigenvalue weighted by Crippen LogP contribution is 2.28. The van der Waals surface area contributed by atoms with Gasteiger partial charge in [0.1, 0.15) is 4.90 Å². The van der Waals surface area contributed by atoms with Gasteiger partial charge >= 0.3 is 0 Å². The van der Waals surface area contributed by atoms with E-state index in [1.807, 2.05) is 19.9 Å². The molecule has 7 heteroatoms. The Bertz CT molecular complexity index is 902. The van der Waals surface area contributed by atoms with Crippen molar-refractivity contribution in [2.24, 2.45) is 0 Å². The number of aryl methyl sites for hydroxylation is 2. The second-order valence-electron chi connectivity index (χ2n) is 6.07. The second-order valence-corrected chi connectivity index (χ2v) is 8.38. The van der Waals surface area contributed by atoms with Crippen molar-refractivity contribution in [3.8, 4) is 0 Å². The molecule has 0 spiro atoms. The number of amides is 1. The number of sulfonamides is 1. The van der Waals surface area contributed by atoms with Gasteiger partial charge in [-0.15, -0.1) is 0 Å². The molecule has 0 unspecified atom stereocenters. The van der Waals surface area contributed by atoms with E-state index < -0.39 is 10.0 Å². The minimum absolute atomic E-state index is 0.0129. The first kappa shape index (κ1) is 20.4. The number of hydrogen-bond donors (Lipinski definition) is 1. The summed E-state index contributed by atoms with van der Waals surface area (Å²) < 4.78 is 26.8. The minimum atomic E-state index is -3.72. The highest BCUT2D eigenvalue weighted by molar-refractivity contribution is 7.89. The van der Waals surface area contributed by atoms with Crippen molar-refractivity contribution < 1.29 is 13.2 Å². The first-order valence-corrected chi connectivity index (χ1v) is 10.2. The summed E-state index contributed by atoms with van der Waals surface area (Å²) in [5.74, 6) is -0.301. The van der Waals surface area contributed by atoms with E-state index in [0.717, 1.165) is 11.1 Å². The van der Waals surface area contributed by atoms with Gasteiger partial charge in [-0.05, 0) is 44.2 Å². The molecule has 0 radical (unpaired) electrons. The summed E-state index contributed by atoms with van der Waals surface area (Å²) in [6, 6.07) is 10.0. The molecule has 0 aliphatic heterocycles. The van der Waals surface area contributed by atoms with Crippen LogP contribution in [0.15, 0.2) is 41.3 Å². The molecule has 5 nitrogen and oxygen atoms in total. The highest BCUT2D eigenvalue weighted by Gasteiger charge is 2.25. The van der Waals surface area contributed by atoms with Crippen LogP contribution in [0.4, 0.5) is 5.69 Å². The van der Waals surface area contributed by atoms with Gasteiger partial charge in [0, 0.05) is 24.3 Å². The number of halogens is 1. The van der Waals surface area contributed by atoms with E-state index in [2.05, 4.69) is 5.32 Å². The molecule has 2 rings (SSSR count). The van der Waals surface area contributed by atoms with Gasteiger partial charge in [-0.25, -0.2) is 8.42 Å². The van der Waals surface area contributed by atoms with Crippen molar-refractivity contribution >= 4 is 33.2 Å². The molecule has 0 aromatic heterocycles. The molecule has 2 aromatic carbocycles. The second kappa shape index (κ2) is 8.20. The zero-order chi connectivity index (χ0) is 19.5. The summed E-state index contributed by atoms with van der Waals surface area (Å²) in [5, 5.41) is 2.87. The molecule has 1 amide bonds. The van der Waals surface area contributed by atoms with Crippen LogP contribution in [0.3, 0.4) is 0 Å². The molecule has 1 N–H and O–H groups in total. The Morgan fingerprint density at radius 3 is 2.15 bits per heavy atom. The fourth-order valence-electron chi connectivity index (χ4n) is 2.79. The topological polar surface area (TPSA) is 66.5 Å². The fraction of sp³-hybridized carbons (Fsp3) is 0.316. The smallest absolute Gasteiger partial charge is 0.255 e. The third-order valence-corrected chi connectivity index (χ3v) is 6.53. The Morgan fingerprint density at radius 1 is 1.04 bits per heavy atom. The van der Waals surface area contributed by atoms with Crippen LogP contribution in [0.1, 0.15) is 35.3 Å². The standard InChI is InChI=1S/C19H23ClN2O3S/c1-5-22(6-2)26(24,25)18-12-16(7-8-17(18)20)21-19(23)15-10-13(3)9-14(4)11-15/h7-12H,5-6H2,1-4H3,(H,21,23). The van der Waals surface area contributed by atoms with Gasteiger partial charge in [-0.2, -0.15) is 4.31 Å². The number of hydrogen-bond acceptors (Lipinski definition) is 3. The highest BCUT2D eigenvalue weighted by atomic mass is 35.5. The van der Waals surface area contributed by atoms with Gasteiger partial charge in [-0.3, -0.25) is 4.79 Å². The van der Waals surface area contributed by atoms with Crippen LogP contribution in [-0.2, 0) is 10.0 Å². The number of carbonyl (C=O) groups excluding carboxylic acids is 1. The molecule has 140 valence electrons. The summed E-state index contributed by atoms with van der Waals surface area (Å²) in [4.78, 5) is 12.5. The van der Waals surface area contributed by atoms with Gasteiger partial charge in [0.05, 0.1) is 5.02 Å². The van der Waals surface area contributed by atoms with Crippen LogP contribution in [0.25, 0.3) is 0 Å². The van der Waals surface area contributed by atoms with Crippen LogP contribution < -0.4 is 5.32 Å². The van der Waals surface area contributed by atoms with Crippen LogP contribution >= 0.6 is 11.6 Å². The molecular weight excluding hydrogens is 372 g/mol. The van der Waals surface area contributed by atoms with Gasteiger partial charge in [0.2, 0.25) is 10.0 Å². The molecule has 2 aromatic rings. The molecule has 0 fully saturated rings. The Morgan fingerprint density at radius 2 is 1.62 bits per heavy atom. The number of nitrogens with zero attached hydrogens (tertiary/aromatic N) is 1. The molecule has 0 aliphatic rings. The lowest BCUT2D eigenvalue weighted by molar-refractivity contribution is 0.102. The summed E-state index contributed by atoms with van der Waals surface area (Å²) in [5.41, 5.74) is 2.86. The first-order valence-electron chi connectivity index (χ1n) is 8.38. The van der Waals surface area contributed by atoms with Crippen LogP contribution in [0, 0.1) is 13.8 Å². The van der Waals surface area contributed by atoms with Crippen molar-refractivity contribution in [2.75, 3.05) is 18.4 Å². The molecule has 0 atom stereocenters. The minimum Gasteiger partial charge on any atom is -0.322 e. The van der Waals surface area contributed by atoms with Crippen molar-refractivity contribution in [1.82, 2.24) is 4.31 Å². The summed E-state index contributed by atoms with van der Waals surface area (Å²) >= 11 is 6.12. The van der Waals surface area contributed by atoms with Crippen molar-refractivity contribution in [3.05, 3.63) is 58.1 Å². The van der Waals surface area contributed by atoms with E-state index in [4.69, 9.17) is 11.6 Å². The zero-order valence-electron chi connectivity index (χ0n) is 15.3. The monoisotopic (exact) mass is 394 g/mol. The van der Waals surface area contributed by atoms with E-state index in [-0.39, 0.29) is 15.8 Å². The number of anilines is 1. The molecule has 0 saturated carbocycles. The summed E-state index contributed by atoms with van der Waals surface area (Å²) in [6.45, 7) is 8.05. The lowest BCUT2D eigenvalue weighted by atomic mass is 10.1. The van der Waals surface area contributed by atoms with Gasteiger partial charge in [0.25, 0.3) is 5.91 Å². The maximum absolute atomic E-state index is 12.7. The average Bonchev–Trinajstić information content (AvgIpc) is 2.56. The lowest BCUT2D eigenvalue weighted by Gasteiger charge is -2.19. The quantitative estimate of drug-likeness (QED) is 0.796. The maximum atomic E-state index is 12.7. The maximum Gasteiger partial charge on any atom is 0.255 e. The third kappa shape index (κ3) is 4.44. The Balaban J connectivity index is 2.36. The van der Waals surface area contributed by atoms with Crippen molar-refractivity contribution in [3.63, 3.8) is 0 Å². The van der Waals surface area contributed by atoms with E-state index in [0.29, 0.717) is 24.3 Å². The molecule has 26 heavy (non-hydrogen) atoms. The van der Waals surface area contributed by atoms with Crippen molar-refractivity contribution in [2.45, 2.75) is 32.6 Å². The molecular formula is C19H23ClN2O3S. The van der Waals surface area contributed by atoms with Gasteiger partial charge in [-0.1, -0.05) is 42.6 Å². The summed E-state index contributed by atoms with van der Waals surface area (Å²) in [7, 11) is -3.72. The van der Waals surface area contributed by atoms with Crippen LogP contribution in [0.5, 0.6) is 0 Å².